The number of methoxy groups -OCH3 is 1. The number of halogens is 1. The number of ether oxygens (including phenoxy) is 1. The van der Waals surface area contributed by atoms with Crippen molar-refractivity contribution >= 4 is 27.3 Å². The van der Waals surface area contributed by atoms with E-state index in [2.05, 4.69) is 24.1 Å². The Bertz CT molecular complexity index is 824. The highest BCUT2D eigenvalue weighted by atomic mass is 32.1. The average molecular weight is 362 g/mol. The molecule has 3 aliphatic heterocycles. The zero-order chi connectivity index (χ0) is 17.8. The van der Waals surface area contributed by atoms with Crippen molar-refractivity contribution < 1.29 is 13.9 Å². The largest absolute Gasteiger partial charge is 0.494 e. The summed E-state index contributed by atoms with van der Waals surface area (Å²) in [5, 5.41) is 4.00. The first-order valence-electron chi connectivity index (χ1n) is 8.73. The summed E-state index contributed by atoms with van der Waals surface area (Å²) in [6.07, 6.45) is 2.28. The standard InChI is InChI=1S/C19H23FN2O2S/c1-19(2)17(11-4-6-22(19)7-5-11)21-18(23)16-9-12-8-13(20)14(24-3)10-15(12)25-16/h8-11,17H,4-7H2,1-3H3,(H,21,23)/t17-/m1/s1. The highest BCUT2D eigenvalue weighted by Crippen LogP contribution is 2.39. The molecule has 3 saturated heterocycles. The summed E-state index contributed by atoms with van der Waals surface area (Å²) in [6.45, 7) is 6.67. The molecule has 0 saturated carbocycles. The Morgan fingerprint density at radius 1 is 1.32 bits per heavy atom. The third kappa shape index (κ3) is 2.72. The number of carbonyl (C=O) groups is 1. The fourth-order valence-electron chi connectivity index (χ4n) is 4.40. The molecule has 3 aliphatic rings. The smallest absolute Gasteiger partial charge is 0.261 e. The quantitative estimate of drug-likeness (QED) is 0.906. The Morgan fingerprint density at radius 3 is 2.68 bits per heavy atom. The SMILES string of the molecule is COc1cc2sc(C(=O)N[C@@H]3C4CCN(CC4)C3(C)C)cc2cc1F. The van der Waals surface area contributed by atoms with E-state index in [1.807, 2.05) is 0 Å². The van der Waals surface area contributed by atoms with Crippen LogP contribution >= 0.6 is 11.3 Å². The van der Waals surface area contributed by atoms with Crippen LogP contribution in [0.4, 0.5) is 4.39 Å². The number of rotatable bonds is 3. The number of piperidine rings is 3. The number of fused-ring (bicyclic) bond motifs is 4. The number of nitrogens with zero attached hydrogens (tertiary/aromatic N) is 1. The molecule has 25 heavy (non-hydrogen) atoms. The molecule has 4 nitrogen and oxygen atoms in total. The first-order valence-corrected chi connectivity index (χ1v) is 9.55. The number of thiophene rings is 1. The molecule has 1 N–H and O–H groups in total. The van der Waals surface area contributed by atoms with Gasteiger partial charge in [-0.2, -0.15) is 0 Å². The van der Waals surface area contributed by atoms with Crippen LogP contribution in [-0.4, -0.2) is 42.6 Å². The Hall–Kier alpha value is -1.66. The number of nitrogens with one attached hydrogen (secondary N) is 1. The summed E-state index contributed by atoms with van der Waals surface area (Å²) in [4.78, 5) is 15.9. The maximum atomic E-state index is 13.9. The molecule has 1 amide bonds. The van der Waals surface area contributed by atoms with Gasteiger partial charge in [0.25, 0.3) is 5.91 Å². The molecule has 1 aromatic heterocycles. The van der Waals surface area contributed by atoms with Crippen LogP contribution in [0.25, 0.3) is 10.1 Å². The van der Waals surface area contributed by atoms with Crippen LogP contribution in [0.15, 0.2) is 18.2 Å². The predicted molar refractivity (Wildman–Crippen MR) is 98.0 cm³/mol. The predicted octanol–water partition coefficient (Wildman–Crippen LogP) is 3.65. The maximum absolute atomic E-state index is 13.9. The van der Waals surface area contributed by atoms with Gasteiger partial charge in [0.05, 0.1) is 12.0 Å². The zero-order valence-electron chi connectivity index (χ0n) is 14.8. The molecule has 2 bridgehead atoms. The third-order valence-electron chi connectivity index (χ3n) is 5.89. The summed E-state index contributed by atoms with van der Waals surface area (Å²) < 4.78 is 19.8. The van der Waals surface area contributed by atoms with Gasteiger partial charge in [-0.05, 0) is 63.2 Å². The monoisotopic (exact) mass is 362 g/mol. The van der Waals surface area contributed by atoms with Crippen molar-refractivity contribution in [2.45, 2.75) is 38.3 Å². The van der Waals surface area contributed by atoms with Crippen molar-refractivity contribution in [1.82, 2.24) is 10.2 Å². The lowest BCUT2D eigenvalue weighted by atomic mass is 9.72. The van der Waals surface area contributed by atoms with Gasteiger partial charge in [-0.3, -0.25) is 9.69 Å². The van der Waals surface area contributed by atoms with Crippen LogP contribution in [0.1, 0.15) is 36.4 Å². The number of hydrogen-bond acceptors (Lipinski definition) is 4. The highest BCUT2D eigenvalue weighted by molar-refractivity contribution is 7.20. The van der Waals surface area contributed by atoms with E-state index in [4.69, 9.17) is 4.74 Å². The number of hydrogen-bond donors (Lipinski definition) is 1. The lowest BCUT2D eigenvalue weighted by Gasteiger charge is -2.56. The Balaban J connectivity index is 1.60. The minimum Gasteiger partial charge on any atom is -0.494 e. The molecule has 134 valence electrons. The van der Waals surface area contributed by atoms with E-state index >= 15 is 0 Å². The second-order valence-electron chi connectivity index (χ2n) is 7.56. The van der Waals surface area contributed by atoms with Crippen molar-refractivity contribution in [1.29, 1.82) is 0 Å². The molecule has 0 spiro atoms. The second kappa shape index (κ2) is 5.95. The van der Waals surface area contributed by atoms with Crippen molar-refractivity contribution in [2.24, 2.45) is 5.92 Å². The van der Waals surface area contributed by atoms with E-state index in [1.165, 1.54) is 24.5 Å². The Kier molecular flexibility index (Phi) is 4.00. The van der Waals surface area contributed by atoms with Crippen LogP contribution < -0.4 is 10.1 Å². The molecule has 2 aromatic rings. The highest BCUT2D eigenvalue weighted by Gasteiger charge is 2.48. The number of benzene rings is 1. The fourth-order valence-corrected chi connectivity index (χ4v) is 5.37. The molecule has 4 heterocycles. The molecule has 5 rings (SSSR count). The fraction of sp³-hybridized carbons (Fsp3) is 0.526. The van der Waals surface area contributed by atoms with Crippen molar-refractivity contribution in [3.05, 3.63) is 28.9 Å². The van der Waals surface area contributed by atoms with E-state index < -0.39 is 5.82 Å². The Labute approximate surface area is 151 Å². The minimum atomic E-state index is -0.404. The maximum Gasteiger partial charge on any atom is 0.261 e. The van der Waals surface area contributed by atoms with Crippen LogP contribution in [0.5, 0.6) is 5.75 Å². The molecule has 1 atom stereocenters. The van der Waals surface area contributed by atoms with Crippen molar-refractivity contribution in [3.8, 4) is 5.75 Å². The third-order valence-corrected chi connectivity index (χ3v) is 6.98. The molecule has 0 aliphatic carbocycles. The van der Waals surface area contributed by atoms with Gasteiger partial charge in [0.15, 0.2) is 11.6 Å². The van der Waals surface area contributed by atoms with E-state index in [0.717, 1.165) is 36.0 Å². The topological polar surface area (TPSA) is 41.6 Å². The van der Waals surface area contributed by atoms with Crippen molar-refractivity contribution in [2.75, 3.05) is 20.2 Å². The number of amides is 1. The van der Waals surface area contributed by atoms with Crippen LogP contribution in [0.2, 0.25) is 0 Å². The average Bonchev–Trinajstić information content (AvgIpc) is 3.00. The summed E-state index contributed by atoms with van der Waals surface area (Å²) in [5.74, 6) is 0.279. The molecule has 3 fully saturated rings. The first kappa shape index (κ1) is 16.8. The van der Waals surface area contributed by atoms with Gasteiger partial charge in [0.1, 0.15) is 0 Å². The molecular formula is C19H23FN2O2S. The minimum absolute atomic E-state index is 0.0250. The molecule has 0 radical (unpaired) electrons. The molecule has 6 heteroatoms. The van der Waals surface area contributed by atoms with Crippen LogP contribution in [-0.2, 0) is 0 Å². The van der Waals surface area contributed by atoms with Gasteiger partial charge in [-0.15, -0.1) is 11.3 Å². The second-order valence-corrected chi connectivity index (χ2v) is 8.65. The molecule has 1 aromatic carbocycles. The van der Waals surface area contributed by atoms with Gasteiger partial charge in [0, 0.05) is 22.3 Å². The van der Waals surface area contributed by atoms with Gasteiger partial charge >= 0.3 is 0 Å². The van der Waals surface area contributed by atoms with E-state index in [0.29, 0.717) is 10.8 Å². The summed E-state index contributed by atoms with van der Waals surface area (Å²) in [5.41, 5.74) is -0.0250. The lowest BCUT2D eigenvalue weighted by molar-refractivity contribution is -0.0377. The lowest BCUT2D eigenvalue weighted by Crippen LogP contribution is -2.69. The van der Waals surface area contributed by atoms with E-state index in [-0.39, 0.29) is 23.2 Å². The summed E-state index contributed by atoms with van der Waals surface area (Å²) >= 11 is 1.38. The molecular weight excluding hydrogens is 339 g/mol. The molecule has 0 unspecified atom stereocenters. The van der Waals surface area contributed by atoms with E-state index in [1.54, 1.807) is 12.1 Å². The first-order chi connectivity index (χ1) is 11.9. The van der Waals surface area contributed by atoms with Crippen molar-refractivity contribution in [3.63, 3.8) is 0 Å². The summed E-state index contributed by atoms with van der Waals surface area (Å²) in [6, 6.07) is 5.01. The van der Waals surface area contributed by atoms with Gasteiger partial charge in [-0.1, -0.05) is 0 Å². The van der Waals surface area contributed by atoms with Gasteiger partial charge in [0.2, 0.25) is 0 Å². The van der Waals surface area contributed by atoms with E-state index in [9.17, 15) is 9.18 Å². The van der Waals surface area contributed by atoms with Gasteiger partial charge < -0.3 is 10.1 Å². The zero-order valence-corrected chi connectivity index (χ0v) is 15.6. The van der Waals surface area contributed by atoms with Gasteiger partial charge in [-0.25, -0.2) is 4.39 Å². The number of carbonyl (C=O) groups excluding carboxylic acids is 1. The van der Waals surface area contributed by atoms with Crippen LogP contribution in [0, 0.1) is 11.7 Å². The normalized spacial score (nSPS) is 27.4. The summed E-state index contributed by atoms with van der Waals surface area (Å²) in [7, 11) is 1.45. The van der Waals surface area contributed by atoms with Crippen LogP contribution in [0.3, 0.4) is 0 Å². The Morgan fingerprint density at radius 2 is 2.04 bits per heavy atom.